The van der Waals surface area contributed by atoms with E-state index in [0.29, 0.717) is 12.1 Å². The summed E-state index contributed by atoms with van der Waals surface area (Å²) in [5.74, 6) is 0. The summed E-state index contributed by atoms with van der Waals surface area (Å²) >= 11 is 0. The third kappa shape index (κ3) is 2.35. The molecule has 1 aliphatic carbocycles. The van der Waals surface area contributed by atoms with Crippen molar-refractivity contribution in [2.45, 2.75) is 56.7 Å². The SMILES string of the molecule is COC1(C)CCCN(C2CCCC2N)C1. The molecule has 0 aromatic rings. The Hall–Kier alpha value is -0.120. The zero-order valence-corrected chi connectivity index (χ0v) is 10.0. The number of piperidine rings is 1. The molecule has 0 spiro atoms. The van der Waals surface area contributed by atoms with E-state index in [1.54, 1.807) is 0 Å². The number of rotatable bonds is 2. The molecule has 3 unspecified atom stereocenters. The van der Waals surface area contributed by atoms with E-state index in [4.69, 9.17) is 10.5 Å². The van der Waals surface area contributed by atoms with Gasteiger partial charge in [-0.2, -0.15) is 0 Å². The Morgan fingerprint density at radius 3 is 2.73 bits per heavy atom. The van der Waals surface area contributed by atoms with Gasteiger partial charge in [0.15, 0.2) is 0 Å². The molecule has 1 saturated heterocycles. The normalized spacial score (nSPS) is 43.4. The van der Waals surface area contributed by atoms with Crippen molar-refractivity contribution in [2.75, 3.05) is 20.2 Å². The molecule has 1 saturated carbocycles. The van der Waals surface area contributed by atoms with Crippen LogP contribution in [0.3, 0.4) is 0 Å². The first-order valence-corrected chi connectivity index (χ1v) is 6.19. The van der Waals surface area contributed by atoms with Gasteiger partial charge in [-0.05, 0) is 39.2 Å². The Kier molecular flexibility index (Phi) is 3.33. The number of methoxy groups -OCH3 is 1. The predicted octanol–water partition coefficient (Wildman–Crippen LogP) is 1.37. The smallest absolute Gasteiger partial charge is 0.0777 e. The lowest BCUT2D eigenvalue weighted by atomic mass is 9.93. The fourth-order valence-corrected chi connectivity index (χ4v) is 3.12. The Balaban J connectivity index is 1.97. The fourth-order valence-electron chi connectivity index (χ4n) is 3.12. The van der Waals surface area contributed by atoms with Gasteiger partial charge in [0.25, 0.3) is 0 Å². The van der Waals surface area contributed by atoms with Crippen LogP contribution in [0.15, 0.2) is 0 Å². The summed E-state index contributed by atoms with van der Waals surface area (Å²) in [6, 6.07) is 1.00. The second-order valence-corrected chi connectivity index (χ2v) is 5.39. The topological polar surface area (TPSA) is 38.5 Å². The van der Waals surface area contributed by atoms with E-state index in [-0.39, 0.29) is 5.60 Å². The molecule has 1 heterocycles. The molecule has 3 nitrogen and oxygen atoms in total. The molecule has 0 bridgehead atoms. The van der Waals surface area contributed by atoms with Crippen LogP contribution in [0.5, 0.6) is 0 Å². The lowest BCUT2D eigenvalue weighted by Gasteiger charge is -2.43. The van der Waals surface area contributed by atoms with Crippen molar-refractivity contribution >= 4 is 0 Å². The van der Waals surface area contributed by atoms with E-state index in [1.165, 1.54) is 38.6 Å². The lowest BCUT2D eigenvalue weighted by Crippen LogP contribution is -2.54. The fraction of sp³-hybridized carbons (Fsp3) is 1.00. The molecule has 0 amide bonds. The van der Waals surface area contributed by atoms with Gasteiger partial charge in [0.2, 0.25) is 0 Å². The van der Waals surface area contributed by atoms with Crippen molar-refractivity contribution in [3.05, 3.63) is 0 Å². The zero-order valence-electron chi connectivity index (χ0n) is 10.0. The van der Waals surface area contributed by atoms with Gasteiger partial charge in [-0.3, -0.25) is 4.90 Å². The van der Waals surface area contributed by atoms with Crippen LogP contribution in [0.2, 0.25) is 0 Å². The van der Waals surface area contributed by atoms with E-state index >= 15 is 0 Å². The van der Waals surface area contributed by atoms with Gasteiger partial charge in [-0.1, -0.05) is 6.42 Å². The van der Waals surface area contributed by atoms with Gasteiger partial charge in [-0.25, -0.2) is 0 Å². The molecule has 3 heteroatoms. The molecule has 1 aliphatic heterocycles. The third-order valence-electron chi connectivity index (χ3n) is 4.18. The van der Waals surface area contributed by atoms with Crippen LogP contribution >= 0.6 is 0 Å². The average molecular weight is 212 g/mol. The van der Waals surface area contributed by atoms with Gasteiger partial charge < -0.3 is 10.5 Å². The summed E-state index contributed by atoms with van der Waals surface area (Å²) in [4.78, 5) is 2.56. The Morgan fingerprint density at radius 2 is 2.13 bits per heavy atom. The number of hydrogen-bond acceptors (Lipinski definition) is 3. The Morgan fingerprint density at radius 1 is 1.33 bits per heavy atom. The summed E-state index contributed by atoms with van der Waals surface area (Å²) in [5, 5.41) is 0. The maximum Gasteiger partial charge on any atom is 0.0777 e. The molecule has 2 rings (SSSR count). The number of nitrogens with two attached hydrogens (primary N) is 1. The van der Waals surface area contributed by atoms with Crippen LogP contribution in [-0.2, 0) is 4.74 Å². The number of likely N-dealkylation sites (tertiary alicyclic amines) is 1. The van der Waals surface area contributed by atoms with Crippen LogP contribution in [0.1, 0.15) is 39.0 Å². The van der Waals surface area contributed by atoms with E-state index in [1.807, 2.05) is 7.11 Å². The monoisotopic (exact) mass is 212 g/mol. The van der Waals surface area contributed by atoms with Crippen molar-refractivity contribution < 1.29 is 4.74 Å². The minimum absolute atomic E-state index is 0.0561. The summed E-state index contributed by atoms with van der Waals surface area (Å²) in [5.41, 5.74) is 6.21. The molecular weight excluding hydrogens is 188 g/mol. The van der Waals surface area contributed by atoms with Gasteiger partial charge >= 0.3 is 0 Å². The summed E-state index contributed by atoms with van der Waals surface area (Å²) < 4.78 is 5.62. The second kappa shape index (κ2) is 4.40. The summed E-state index contributed by atoms with van der Waals surface area (Å²) in [6.45, 7) is 4.48. The van der Waals surface area contributed by atoms with E-state index in [9.17, 15) is 0 Å². The highest BCUT2D eigenvalue weighted by molar-refractivity contribution is 4.94. The number of hydrogen-bond donors (Lipinski definition) is 1. The lowest BCUT2D eigenvalue weighted by molar-refractivity contribution is -0.0618. The van der Waals surface area contributed by atoms with Crippen molar-refractivity contribution in [1.82, 2.24) is 4.90 Å². The largest absolute Gasteiger partial charge is 0.377 e. The van der Waals surface area contributed by atoms with Crippen molar-refractivity contribution in [3.8, 4) is 0 Å². The first kappa shape index (κ1) is 11.4. The molecule has 15 heavy (non-hydrogen) atoms. The Bertz CT molecular complexity index is 222. The second-order valence-electron chi connectivity index (χ2n) is 5.39. The van der Waals surface area contributed by atoms with Gasteiger partial charge in [0.05, 0.1) is 5.60 Å². The maximum absolute atomic E-state index is 6.16. The Labute approximate surface area is 93.0 Å². The van der Waals surface area contributed by atoms with E-state index in [2.05, 4.69) is 11.8 Å². The van der Waals surface area contributed by atoms with Crippen LogP contribution < -0.4 is 5.73 Å². The molecule has 2 N–H and O–H groups in total. The highest BCUT2D eigenvalue weighted by Crippen LogP contribution is 2.30. The molecule has 2 fully saturated rings. The van der Waals surface area contributed by atoms with E-state index in [0.717, 1.165) is 6.54 Å². The van der Waals surface area contributed by atoms with Gasteiger partial charge in [0.1, 0.15) is 0 Å². The molecule has 0 radical (unpaired) electrons. The standard InChI is InChI=1S/C12H24N2O/c1-12(15-2)7-4-8-14(9-12)11-6-3-5-10(11)13/h10-11H,3-9,13H2,1-2H3. The zero-order chi connectivity index (χ0) is 10.9. The highest BCUT2D eigenvalue weighted by atomic mass is 16.5. The number of nitrogens with zero attached hydrogens (tertiary/aromatic N) is 1. The maximum atomic E-state index is 6.16. The van der Waals surface area contributed by atoms with Gasteiger partial charge in [0, 0.05) is 25.7 Å². The van der Waals surface area contributed by atoms with Crippen LogP contribution in [-0.4, -0.2) is 42.8 Å². The average Bonchev–Trinajstić information content (AvgIpc) is 2.65. The third-order valence-corrected chi connectivity index (χ3v) is 4.18. The summed E-state index contributed by atoms with van der Waals surface area (Å²) in [6.07, 6.45) is 6.20. The number of ether oxygens (including phenoxy) is 1. The van der Waals surface area contributed by atoms with Crippen molar-refractivity contribution in [1.29, 1.82) is 0 Å². The van der Waals surface area contributed by atoms with Crippen molar-refractivity contribution in [2.24, 2.45) is 5.73 Å². The van der Waals surface area contributed by atoms with Gasteiger partial charge in [-0.15, -0.1) is 0 Å². The van der Waals surface area contributed by atoms with Crippen LogP contribution in [0.4, 0.5) is 0 Å². The highest BCUT2D eigenvalue weighted by Gasteiger charge is 2.37. The van der Waals surface area contributed by atoms with Crippen molar-refractivity contribution in [3.63, 3.8) is 0 Å². The van der Waals surface area contributed by atoms with Crippen LogP contribution in [0, 0.1) is 0 Å². The first-order chi connectivity index (χ1) is 7.14. The molecule has 0 aromatic heterocycles. The molecule has 3 atom stereocenters. The predicted molar refractivity (Wildman–Crippen MR) is 61.8 cm³/mol. The summed E-state index contributed by atoms with van der Waals surface area (Å²) in [7, 11) is 1.83. The first-order valence-electron chi connectivity index (χ1n) is 6.19. The molecular formula is C12H24N2O. The molecule has 0 aromatic carbocycles. The minimum atomic E-state index is 0.0561. The van der Waals surface area contributed by atoms with Crippen LogP contribution in [0.25, 0.3) is 0 Å². The molecule has 88 valence electrons. The molecule has 2 aliphatic rings. The van der Waals surface area contributed by atoms with E-state index < -0.39 is 0 Å². The minimum Gasteiger partial charge on any atom is -0.377 e. The quantitative estimate of drug-likeness (QED) is 0.751.